The molecule has 2 aromatic carbocycles. The van der Waals surface area contributed by atoms with E-state index in [1.165, 1.54) is 22.7 Å². The molecular formula is C29H29N5O4S2. The number of carbonyl (C=O) groups is 1. The van der Waals surface area contributed by atoms with Crippen LogP contribution >= 0.6 is 22.7 Å². The van der Waals surface area contributed by atoms with E-state index in [-0.39, 0.29) is 11.8 Å². The lowest BCUT2D eigenvalue weighted by Crippen LogP contribution is -2.25. The zero-order valence-corrected chi connectivity index (χ0v) is 23.9. The Balaban J connectivity index is 1.19. The molecule has 4 N–H and O–H groups in total. The van der Waals surface area contributed by atoms with Crippen LogP contribution in [0.2, 0.25) is 0 Å². The minimum absolute atomic E-state index is 0.0572. The third-order valence-corrected chi connectivity index (χ3v) is 9.29. The number of fused-ring (bicyclic) bond motifs is 2. The highest BCUT2D eigenvalue weighted by molar-refractivity contribution is 7.23. The first kappa shape index (κ1) is 26.1. The molecule has 0 aliphatic heterocycles. The molecule has 3 unspecified atom stereocenters. The van der Waals surface area contributed by atoms with Crippen LogP contribution in [0.1, 0.15) is 12.8 Å². The van der Waals surface area contributed by atoms with Gasteiger partial charge in [0.1, 0.15) is 15.7 Å². The van der Waals surface area contributed by atoms with E-state index in [2.05, 4.69) is 27.8 Å². The predicted octanol–water partition coefficient (Wildman–Crippen LogP) is 6.44. The average molecular weight is 576 g/mol. The molecule has 40 heavy (non-hydrogen) atoms. The van der Waals surface area contributed by atoms with Gasteiger partial charge in [-0.25, -0.2) is 9.97 Å². The summed E-state index contributed by atoms with van der Waals surface area (Å²) < 4.78 is 16.3. The maximum atomic E-state index is 12.9. The van der Waals surface area contributed by atoms with Crippen molar-refractivity contribution >= 4 is 50.9 Å². The Morgan fingerprint density at radius 1 is 1.00 bits per heavy atom. The summed E-state index contributed by atoms with van der Waals surface area (Å²) in [5, 5.41) is 9.76. The fraction of sp³-hybridized carbons (Fsp3) is 0.276. The standard InChI is InChI=1S/C29H29N5O4S2/c1-36-22-12-19(13-23(37-2)24(22)38-3)32-29-34-26(30)25(40-29)28-33-21(14-39-28)17-5-4-6-18(11-17)31-27(35)20-10-15-7-8-16(20)9-15/h4-8,11-16,20H,9-10,30H2,1-3H3,(H,31,35)(H,32,34). The molecule has 0 saturated heterocycles. The molecule has 0 spiro atoms. The number of rotatable bonds is 9. The molecule has 1 saturated carbocycles. The van der Waals surface area contributed by atoms with E-state index in [1.54, 1.807) is 33.5 Å². The number of anilines is 4. The Morgan fingerprint density at radius 3 is 2.48 bits per heavy atom. The van der Waals surface area contributed by atoms with Gasteiger partial charge in [-0.1, -0.05) is 35.6 Å². The summed E-state index contributed by atoms with van der Waals surface area (Å²) >= 11 is 2.91. The number of nitrogens with one attached hydrogen (secondary N) is 2. The summed E-state index contributed by atoms with van der Waals surface area (Å²) in [4.78, 5) is 23.0. The van der Waals surface area contributed by atoms with E-state index in [9.17, 15) is 4.79 Å². The Morgan fingerprint density at radius 2 is 1.80 bits per heavy atom. The molecular weight excluding hydrogens is 546 g/mol. The molecule has 2 aliphatic carbocycles. The van der Waals surface area contributed by atoms with Crippen molar-refractivity contribution < 1.29 is 19.0 Å². The highest BCUT2D eigenvalue weighted by atomic mass is 32.1. The largest absolute Gasteiger partial charge is 0.493 e. The van der Waals surface area contributed by atoms with Crippen LogP contribution in [-0.4, -0.2) is 37.2 Å². The van der Waals surface area contributed by atoms with Crippen LogP contribution in [-0.2, 0) is 4.79 Å². The van der Waals surface area contributed by atoms with E-state index in [0.717, 1.165) is 45.4 Å². The third kappa shape index (κ3) is 4.98. The highest BCUT2D eigenvalue weighted by Crippen LogP contribution is 2.45. The van der Waals surface area contributed by atoms with Crippen molar-refractivity contribution in [1.29, 1.82) is 0 Å². The van der Waals surface area contributed by atoms with Crippen molar-refractivity contribution in [1.82, 2.24) is 9.97 Å². The summed E-state index contributed by atoms with van der Waals surface area (Å²) in [5.74, 6) is 3.04. The van der Waals surface area contributed by atoms with Gasteiger partial charge in [-0.2, -0.15) is 0 Å². The number of thiazole rings is 2. The molecule has 2 heterocycles. The summed E-state index contributed by atoms with van der Waals surface area (Å²) in [6.07, 6.45) is 6.48. The van der Waals surface area contributed by atoms with Gasteiger partial charge in [0.25, 0.3) is 0 Å². The molecule has 206 valence electrons. The van der Waals surface area contributed by atoms with Gasteiger partial charge in [-0.3, -0.25) is 4.79 Å². The van der Waals surface area contributed by atoms with E-state index in [0.29, 0.717) is 40.0 Å². The molecule has 4 aromatic rings. The molecule has 9 nitrogen and oxygen atoms in total. The molecule has 0 radical (unpaired) electrons. The first-order valence-electron chi connectivity index (χ1n) is 12.8. The highest BCUT2D eigenvalue weighted by Gasteiger charge is 2.39. The quantitative estimate of drug-likeness (QED) is 0.195. The van der Waals surface area contributed by atoms with Crippen molar-refractivity contribution in [2.24, 2.45) is 17.8 Å². The first-order valence-corrected chi connectivity index (χ1v) is 14.5. The summed E-state index contributed by atoms with van der Waals surface area (Å²) in [6.45, 7) is 0. The SMILES string of the molecule is COc1cc(Nc2nc(N)c(-c3nc(-c4cccc(NC(=O)C5CC6C=CC5C6)c4)cs3)s2)cc(OC)c1OC. The number of aromatic nitrogens is 2. The molecule has 1 fully saturated rings. The summed E-state index contributed by atoms with van der Waals surface area (Å²) in [5.41, 5.74) is 9.53. The number of allylic oxidation sites excluding steroid dienone is 2. The van der Waals surface area contributed by atoms with Gasteiger partial charge in [-0.05, 0) is 36.8 Å². The number of nitrogens with two attached hydrogens (primary N) is 1. The van der Waals surface area contributed by atoms with Gasteiger partial charge in [-0.15, -0.1) is 11.3 Å². The second kappa shape index (κ2) is 10.8. The number of hydrogen-bond donors (Lipinski definition) is 3. The summed E-state index contributed by atoms with van der Waals surface area (Å²) in [7, 11) is 4.70. The van der Waals surface area contributed by atoms with Crippen LogP contribution in [0.5, 0.6) is 17.2 Å². The first-order chi connectivity index (χ1) is 19.4. The van der Waals surface area contributed by atoms with Gasteiger partial charge in [0.15, 0.2) is 16.6 Å². The van der Waals surface area contributed by atoms with Crippen LogP contribution in [0.25, 0.3) is 21.1 Å². The predicted molar refractivity (Wildman–Crippen MR) is 160 cm³/mol. The summed E-state index contributed by atoms with van der Waals surface area (Å²) in [6, 6.07) is 11.4. The topological polar surface area (TPSA) is 121 Å². The Hall–Kier alpha value is -4.09. The Kier molecular flexibility index (Phi) is 7.07. The minimum Gasteiger partial charge on any atom is -0.493 e. The van der Waals surface area contributed by atoms with Crippen molar-refractivity contribution in [3.05, 3.63) is 53.9 Å². The van der Waals surface area contributed by atoms with E-state index >= 15 is 0 Å². The molecule has 2 bridgehead atoms. The number of carbonyl (C=O) groups excluding carboxylic acids is 1. The normalized spacial score (nSPS) is 19.0. The Bertz CT molecular complexity index is 1570. The van der Waals surface area contributed by atoms with E-state index in [4.69, 9.17) is 24.9 Å². The number of ether oxygens (including phenoxy) is 3. The number of nitrogen functional groups attached to an aromatic ring is 1. The van der Waals surface area contributed by atoms with Crippen LogP contribution in [0.4, 0.5) is 22.3 Å². The van der Waals surface area contributed by atoms with Gasteiger partial charge < -0.3 is 30.6 Å². The van der Waals surface area contributed by atoms with Gasteiger partial charge in [0.2, 0.25) is 11.7 Å². The van der Waals surface area contributed by atoms with Crippen molar-refractivity contribution in [3.63, 3.8) is 0 Å². The van der Waals surface area contributed by atoms with Crippen LogP contribution < -0.4 is 30.6 Å². The monoisotopic (exact) mass is 575 g/mol. The number of benzene rings is 2. The molecule has 2 aliphatic rings. The Labute approximate surface area is 240 Å². The van der Waals surface area contributed by atoms with Crippen molar-refractivity contribution in [3.8, 4) is 38.4 Å². The lowest BCUT2D eigenvalue weighted by molar-refractivity contribution is -0.120. The molecule has 3 atom stereocenters. The lowest BCUT2D eigenvalue weighted by Gasteiger charge is -2.17. The van der Waals surface area contributed by atoms with Crippen LogP contribution in [0.15, 0.2) is 53.9 Å². The zero-order valence-electron chi connectivity index (χ0n) is 22.3. The number of methoxy groups -OCH3 is 3. The van der Waals surface area contributed by atoms with Crippen LogP contribution in [0.3, 0.4) is 0 Å². The fourth-order valence-corrected chi connectivity index (χ4v) is 7.23. The van der Waals surface area contributed by atoms with E-state index in [1.807, 2.05) is 29.6 Å². The number of amides is 1. The maximum Gasteiger partial charge on any atom is 0.228 e. The second-order valence-electron chi connectivity index (χ2n) is 9.77. The van der Waals surface area contributed by atoms with Gasteiger partial charge >= 0.3 is 0 Å². The van der Waals surface area contributed by atoms with Gasteiger partial charge in [0, 0.05) is 40.4 Å². The smallest absolute Gasteiger partial charge is 0.228 e. The second-order valence-corrected chi connectivity index (χ2v) is 11.6. The van der Waals surface area contributed by atoms with E-state index < -0.39 is 0 Å². The molecule has 11 heteroatoms. The maximum absolute atomic E-state index is 12.9. The van der Waals surface area contributed by atoms with Crippen molar-refractivity contribution in [2.45, 2.75) is 12.8 Å². The van der Waals surface area contributed by atoms with Gasteiger partial charge in [0.05, 0.1) is 27.0 Å². The number of nitrogens with zero attached hydrogens (tertiary/aromatic N) is 2. The zero-order chi connectivity index (χ0) is 27.8. The minimum atomic E-state index is 0.0572. The lowest BCUT2D eigenvalue weighted by atomic mass is 9.93. The van der Waals surface area contributed by atoms with Crippen LogP contribution in [0, 0.1) is 17.8 Å². The third-order valence-electron chi connectivity index (χ3n) is 7.31. The number of hydrogen-bond acceptors (Lipinski definition) is 10. The molecule has 1 amide bonds. The fourth-order valence-electron chi connectivity index (χ4n) is 5.40. The molecule has 6 rings (SSSR count). The van der Waals surface area contributed by atoms with Crippen molar-refractivity contribution in [2.75, 3.05) is 37.7 Å². The molecule has 2 aromatic heterocycles. The average Bonchev–Trinajstić information content (AvgIpc) is 3.77.